The van der Waals surface area contributed by atoms with Crippen LogP contribution >= 0.6 is 34.7 Å². The van der Waals surface area contributed by atoms with Crippen molar-refractivity contribution in [3.63, 3.8) is 0 Å². The molecule has 1 aliphatic heterocycles. The molecule has 0 aliphatic carbocycles. The molecule has 13 heteroatoms. The summed E-state index contributed by atoms with van der Waals surface area (Å²) in [6.45, 7) is 0. The van der Waals surface area contributed by atoms with Gasteiger partial charge in [0.05, 0.1) is 23.6 Å². The number of nitrogens with zero attached hydrogens (tertiary/aromatic N) is 4. The lowest BCUT2D eigenvalue weighted by atomic mass is 9.95. The Bertz CT molecular complexity index is 1640. The van der Waals surface area contributed by atoms with Crippen molar-refractivity contribution in [1.82, 2.24) is 10.2 Å². The van der Waals surface area contributed by atoms with E-state index in [1.165, 1.54) is 43.1 Å². The van der Waals surface area contributed by atoms with Crippen LogP contribution in [0.4, 0.5) is 10.8 Å². The number of rotatable bonds is 8. The van der Waals surface area contributed by atoms with Gasteiger partial charge >= 0.3 is 5.91 Å². The second kappa shape index (κ2) is 11.5. The smallest absolute Gasteiger partial charge is 0.301 e. The Kier molecular flexibility index (Phi) is 7.83. The summed E-state index contributed by atoms with van der Waals surface area (Å²) in [6.07, 6.45) is 0. The minimum absolute atomic E-state index is 0.140. The fourth-order valence-electron chi connectivity index (χ4n) is 4.14. The lowest BCUT2D eigenvalue weighted by molar-refractivity contribution is -0.384. The molecule has 1 aliphatic rings. The van der Waals surface area contributed by atoms with Gasteiger partial charge in [-0.25, -0.2) is 0 Å². The monoisotopic (exact) mass is 594 g/mol. The number of anilines is 1. The molecule has 1 aromatic heterocycles. The molecule has 0 spiro atoms. The molecule has 1 fully saturated rings. The highest BCUT2D eigenvalue weighted by Gasteiger charge is 2.48. The maximum atomic E-state index is 13.4. The quantitative estimate of drug-likeness (QED) is 0.0493. The van der Waals surface area contributed by atoms with E-state index in [1.54, 1.807) is 30.3 Å². The van der Waals surface area contributed by atoms with E-state index < -0.39 is 28.4 Å². The second-order valence-electron chi connectivity index (χ2n) is 8.48. The number of nitro groups is 1. The summed E-state index contributed by atoms with van der Waals surface area (Å²) in [5.74, 6) is -1.17. The van der Waals surface area contributed by atoms with Crippen LogP contribution in [0.1, 0.15) is 22.7 Å². The number of Topliss-reactive ketones (excluding diaryl/α,β-unsaturated/α-hetero) is 1. The molecule has 5 rings (SSSR count). The zero-order chi connectivity index (χ0) is 28.4. The van der Waals surface area contributed by atoms with Crippen molar-refractivity contribution >= 4 is 63.0 Å². The van der Waals surface area contributed by atoms with Gasteiger partial charge in [0, 0.05) is 28.5 Å². The summed E-state index contributed by atoms with van der Waals surface area (Å²) >= 11 is 8.72. The van der Waals surface area contributed by atoms with E-state index in [1.807, 2.05) is 18.2 Å². The molecule has 4 aromatic rings. The van der Waals surface area contributed by atoms with Crippen LogP contribution in [-0.2, 0) is 15.3 Å². The first-order chi connectivity index (χ1) is 19.3. The van der Waals surface area contributed by atoms with Crippen molar-refractivity contribution in [2.45, 2.75) is 16.1 Å². The number of hydrogen-bond donors (Lipinski definition) is 1. The van der Waals surface area contributed by atoms with E-state index in [4.69, 9.17) is 16.3 Å². The number of carbonyl (C=O) groups excluding carboxylic acids is 2. The topological polar surface area (TPSA) is 136 Å². The number of aliphatic hydroxyl groups excluding tert-OH is 1. The molecule has 1 amide bonds. The fourth-order valence-corrected chi connectivity index (χ4v) is 6.29. The molecule has 3 aromatic carbocycles. The van der Waals surface area contributed by atoms with Crippen LogP contribution in [-0.4, -0.2) is 39.0 Å². The Labute approximate surface area is 241 Å². The van der Waals surface area contributed by atoms with Gasteiger partial charge in [0.2, 0.25) is 5.13 Å². The van der Waals surface area contributed by atoms with E-state index >= 15 is 0 Å². The number of thioether (sulfide) groups is 1. The predicted octanol–water partition coefficient (Wildman–Crippen LogP) is 6.03. The van der Waals surface area contributed by atoms with Gasteiger partial charge in [-0.05, 0) is 53.6 Å². The molecule has 40 heavy (non-hydrogen) atoms. The van der Waals surface area contributed by atoms with Crippen LogP contribution < -0.4 is 9.64 Å². The number of amides is 1. The van der Waals surface area contributed by atoms with E-state index in [-0.39, 0.29) is 16.4 Å². The van der Waals surface area contributed by atoms with Crippen molar-refractivity contribution < 1.29 is 24.4 Å². The first-order valence-electron chi connectivity index (χ1n) is 11.7. The van der Waals surface area contributed by atoms with Gasteiger partial charge < -0.3 is 9.84 Å². The van der Waals surface area contributed by atoms with Crippen LogP contribution in [0.5, 0.6) is 5.75 Å². The maximum absolute atomic E-state index is 13.4. The van der Waals surface area contributed by atoms with Crippen LogP contribution in [0.3, 0.4) is 0 Å². The number of non-ortho nitro benzene ring substituents is 1. The normalized spacial score (nSPS) is 16.4. The number of methoxy groups -OCH3 is 1. The van der Waals surface area contributed by atoms with Gasteiger partial charge in [0.1, 0.15) is 11.5 Å². The highest BCUT2D eigenvalue weighted by atomic mass is 35.5. The Morgan fingerprint density at radius 2 is 1.80 bits per heavy atom. The third kappa shape index (κ3) is 5.28. The fraction of sp³-hybridized carbons (Fsp3) is 0.111. The van der Waals surface area contributed by atoms with Crippen molar-refractivity contribution in [3.8, 4) is 5.75 Å². The lowest BCUT2D eigenvalue weighted by Crippen LogP contribution is -2.29. The number of nitro benzene ring substituents is 1. The Balaban J connectivity index is 1.55. The average molecular weight is 595 g/mol. The van der Waals surface area contributed by atoms with E-state index in [9.17, 15) is 24.8 Å². The standard InChI is InChI=1S/C27H19ClN4O6S2/c1-38-19-12-8-16(9-13-19)23(33)21-22(15-6-10-18(11-7-15)32(36)37)31(25(35)24(21)34)26-29-30-27(40-26)39-14-17-4-2-3-5-20(17)28/h2-13,22,33H,14H2,1H3/b23-21-. The number of ether oxygens (including phenoxy) is 1. The van der Waals surface area contributed by atoms with E-state index in [2.05, 4.69) is 10.2 Å². The number of carbonyl (C=O) groups is 2. The molecule has 10 nitrogen and oxygen atoms in total. The third-order valence-electron chi connectivity index (χ3n) is 6.14. The van der Waals surface area contributed by atoms with Gasteiger partial charge in [-0.2, -0.15) is 0 Å². The molecule has 2 heterocycles. The number of ketones is 1. The molecule has 1 unspecified atom stereocenters. The minimum atomic E-state index is -1.10. The lowest BCUT2D eigenvalue weighted by Gasteiger charge is -2.22. The highest BCUT2D eigenvalue weighted by molar-refractivity contribution is 8.00. The van der Waals surface area contributed by atoms with Crippen LogP contribution in [0.2, 0.25) is 5.02 Å². The molecule has 0 bridgehead atoms. The minimum Gasteiger partial charge on any atom is -0.507 e. The Morgan fingerprint density at radius 1 is 1.10 bits per heavy atom. The number of aromatic nitrogens is 2. The van der Waals surface area contributed by atoms with Gasteiger partial charge in [-0.15, -0.1) is 10.2 Å². The molecular weight excluding hydrogens is 576 g/mol. The van der Waals surface area contributed by atoms with Gasteiger partial charge in [-0.3, -0.25) is 24.6 Å². The predicted molar refractivity (Wildman–Crippen MR) is 152 cm³/mol. The number of halogens is 1. The SMILES string of the molecule is COc1ccc(/C(O)=C2/C(=O)C(=O)N(c3nnc(SCc4ccccc4Cl)s3)C2c2ccc([N+](=O)[O-])cc2)cc1. The molecule has 1 atom stereocenters. The number of aliphatic hydroxyl groups is 1. The molecule has 1 saturated heterocycles. The van der Waals surface area contributed by atoms with Crippen molar-refractivity contribution in [1.29, 1.82) is 0 Å². The van der Waals surface area contributed by atoms with Crippen LogP contribution in [0.15, 0.2) is 82.7 Å². The molecule has 202 valence electrons. The Morgan fingerprint density at radius 3 is 2.45 bits per heavy atom. The van der Waals surface area contributed by atoms with Crippen molar-refractivity contribution in [2.75, 3.05) is 12.0 Å². The summed E-state index contributed by atoms with van der Waals surface area (Å²) in [5, 5.41) is 31.6. The van der Waals surface area contributed by atoms with Gasteiger partial charge in [0.25, 0.3) is 11.5 Å². The van der Waals surface area contributed by atoms with Crippen LogP contribution in [0.25, 0.3) is 5.76 Å². The molecule has 0 radical (unpaired) electrons. The average Bonchev–Trinajstić information content (AvgIpc) is 3.54. The first kappa shape index (κ1) is 27.3. The van der Waals surface area contributed by atoms with Gasteiger partial charge in [-0.1, -0.05) is 52.9 Å². The summed E-state index contributed by atoms with van der Waals surface area (Å²) < 4.78 is 5.70. The number of hydrogen-bond acceptors (Lipinski definition) is 10. The van der Waals surface area contributed by atoms with Gasteiger partial charge in [0.15, 0.2) is 4.34 Å². The zero-order valence-corrected chi connectivity index (χ0v) is 23.1. The molecular formula is C27H19ClN4O6S2. The number of benzene rings is 3. The second-order valence-corrected chi connectivity index (χ2v) is 11.1. The summed E-state index contributed by atoms with van der Waals surface area (Å²) in [7, 11) is 1.50. The summed E-state index contributed by atoms with van der Waals surface area (Å²) in [4.78, 5) is 38.5. The van der Waals surface area contributed by atoms with E-state index in [0.717, 1.165) is 21.8 Å². The maximum Gasteiger partial charge on any atom is 0.301 e. The Hall–Kier alpha value is -4.26. The molecule has 1 N–H and O–H groups in total. The van der Waals surface area contributed by atoms with Crippen molar-refractivity contribution in [3.05, 3.63) is 110 Å². The summed E-state index contributed by atoms with van der Waals surface area (Å²) in [6, 6.07) is 18.1. The third-order valence-corrected chi connectivity index (χ3v) is 8.61. The zero-order valence-electron chi connectivity index (χ0n) is 20.7. The van der Waals surface area contributed by atoms with Crippen molar-refractivity contribution in [2.24, 2.45) is 0 Å². The summed E-state index contributed by atoms with van der Waals surface area (Å²) in [5.41, 5.74) is 1.23. The first-order valence-corrected chi connectivity index (χ1v) is 13.9. The largest absolute Gasteiger partial charge is 0.507 e. The van der Waals surface area contributed by atoms with E-state index in [0.29, 0.717) is 32.0 Å². The highest BCUT2D eigenvalue weighted by Crippen LogP contribution is 2.44. The van der Waals surface area contributed by atoms with Crippen LogP contribution in [0, 0.1) is 10.1 Å². The molecule has 0 saturated carbocycles.